The van der Waals surface area contributed by atoms with Crippen LogP contribution in [0.4, 0.5) is 5.69 Å². The van der Waals surface area contributed by atoms with E-state index in [-0.39, 0.29) is 12.4 Å². The zero-order chi connectivity index (χ0) is 8.72. The molecule has 3 heteroatoms. The van der Waals surface area contributed by atoms with Crippen LogP contribution in [0.5, 0.6) is 0 Å². The normalized spacial score (nSPS) is 10.0. The Labute approximate surface area is 88.0 Å². The van der Waals surface area contributed by atoms with E-state index in [4.69, 9.17) is 5.73 Å². The molecule has 0 saturated heterocycles. The number of hydrogen-bond donors (Lipinski definition) is 1. The lowest BCUT2D eigenvalue weighted by Gasteiger charge is -1.94. The van der Waals surface area contributed by atoms with Crippen LogP contribution in [0.2, 0.25) is 0 Å². The third-order valence-corrected chi connectivity index (χ3v) is 3.41. The van der Waals surface area contributed by atoms with Gasteiger partial charge in [0.15, 0.2) is 0 Å². The van der Waals surface area contributed by atoms with Gasteiger partial charge >= 0.3 is 0 Å². The average molecular weight is 214 g/mol. The van der Waals surface area contributed by atoms with E-state index in [1.54, 1.807) is 11.3 Å². The molecular weight excluding hydrogens is 202 g/mol. The van der Waals surface area contributed by atoms with Crippen molar-refractivity contribution in [3.8, 4) is 0 Å². The number of thiophene rings is 1. The predicted octanol–water partition coefficient (Wildman–Crippen LogP) is 3.52. The maximum Gasteiger partial charge on any atom is 0.0532 e. The molecule has 0 aliphatic carbocycles. The fraction of sp³-hybridized carbons (Fsp3) is 0.200. The van der Waals surface area contributed by atoms with Crippen molar-refractivity contribution in [2.75, 3.05) is 5.73 Å². The van der Waals surface area contributed by atoms with Crippen molar-refractivity contribution in [1.29, 1.82) is 0 Å². The van der Waals surface area contributed by atoms with E-state index in [9.17, 15) is 0 Å². The second kappa shape index (κ2) is 3.56. The Bertz CT molecular complexity index is 434. The Morgan fingerprint density at radius 2 is 1.92 bits per heavy atom. The van der Waals surface area contributed by atoms with Gasteiger partial charge in [-0.3, -0.25) is 0 Å². The lowest BCUT2D eigenvalue weighted by Crippen LogP contribution is -1.83. The molecule has 0 saturated carbocycles. The Kier molecular flexibility index (Phi) is 2.84. The highest BCUT2D eigenvalue weighted by molar-refractivity contribution is 7.19. The van der Waals surface area contributed by atoms with Crippen LogP contribution in [-0.2, 0) is 0 Å². The second-order valence-electron chi connectivity index (χ2n) is 3.02. The first-order valence-corrected chi connectivity index (χ1v) is 4.76. The van der Waals surface area contributed by atoms with Crippen molar-refractivity contribution >= 4 is 39.5 Å². The van der Waals surface area contributed by atoms with Crippen LogP contribution in [0.25, 0.3) is 10.1 Å². The van der Waals surface area contributed by atoms with E-state index in [1.807, 2.05) is 0 Å². The Morgan fingerprint density at radius 3 is 2.54 bits per heavy atom. The summed E-state index contributed by atoms with van der Waals surface area (Å²) < 4.78 is 1.33. The number of aryl methyl sites for hydroxylation is 2. The van der Waals surface area contributed by atoms with E-state index in [0.717, 1.165) is 5.69 Å². The summed E-state index contributed by atoms with van der Waals surface area (Å²) >= 11 is 1.78. The maximum atomic E-state index is 5.92. The molecule has 13 heavy (non-hydrogen) atoms. The Morgan fingerprint density at radius 1 is 1.23 bits per heavy atom. The van der Waals surface area contributed by atoms with Gasteiger partial charge < -0.3 is 5.73 Å². The Balaban J connectivity index is 0.000000845. The van der Waals surface area contributed by atoms with Gasteiger partial charge in [0.2, 0.25) is 0 Å². The molecular formula is C10H12ClNS. The monoisotopic (exact) mass is 213 g/mol. The van der Waals surface area contributed by atoms with Crippen LogP contribution in [0.1, 0.15) is 10.4 Å². The lowest BCUT2D eigenvalue weighted by atomic mass is 10.1. The molecule has 2 N–H and O–H groups in total. The smallest absolute Gasteiger partial charge is 0.0532 e. The molecule has 0 radical (unpaired) electrons. The quantitative estimate of drug-likeness (QED) is 0.712. The minimum absolute atomic E-state index is 0. The summed E-state index contributed by atoms with van der Waals surface area (Å²) in [4.78, 5) is 1.22. The first-order chi connectivity index (χ1) is 5.70. The molecule has 0 spiro atoms. The first-order valence-electron chi connectivity index (χ1n) is 3.94. The van der Waals surface area contributed by atoms with Gasteiger partial charge in [0.05, 0.1) is 5.69 Å². The maximum absolute atomic E-state index is 5.92. The Hall–Kier alpha value is -0.730. The average Bonchev–Trinajstić information content (AvgIpc) is 2.32. The third kappa shape index (κ3) is 1.52. The molecule has 2 aromatic rings. The predicted molar refractivity (Wildman–Crippen MR) is 63.0 cm³/mol. The summed E-state index contributed by atoms with van der Waals surface area (Å²) in [5.74, 6) is 0. The number of rotatable bonds is 0. The highest BCUT2D eigenvalue weighted by Crippen LogP contribution is 2.34. The van der Waals surface area contributed by atoms with Gasteiger partial charge in [0.25, 0.3) is 0 Å². The van der Waals surface area contributed by atoms with Gasteiger partial charge in [-0.05, 0) is 19.4 Å². The molecule has 2 rings (SSSR count). The van der Waals surface area contributed by atoms with Crippen molar-refractivity contribution in [3.63, 3.8) is 0 Å². The first kappa shape index (κ1) is 10.4. The van der Waals surface area contributed by atoms with Gasteiger partial charge in [-0.15, -0.1) is 23.7 Å². The molecule has 1 aromatic carbocycles. The molecule has 0 atom stereocenters. The van der Waals surface area contributed by atoms with Crippen molar-refractivity contribution in [3.05, 3.63) is 28.6 Å². The molecule has 0 bridgehead atoms. The van der Waals surface area contributed by atoms with Crippen LogP contribution in [0.15, 0.2) is 18.2 Å². The topological polar surface area (TPSA) is 26.0 Å². The standard InChI is InChI=1S/C10H11NS.ClH/c1-6-4-3-5-8-9(11)7(2)12-10(6)8;/h3-5H,11H2,1-2H3;1H. The molecule has 0 amide bonds. The van der Waals surface area contributed by atoms with Gasteiger partial charge in [-0.25, -0.2) is 0 Å². The molecule has 1 heterocycles. The number of hydrogen-bond acceptors (Lipinski definition) is 2. The summed E-state index contributed by atoms with van der Waals surface area (Å²) in [6.07, 6.45) is 0. The number of nitrogen functional groups attached to an aromatic ring is 1. The molecule has 1 aromatic heterocycles. The van der Waals surface area contributed by atoms with Gasteiger partial charge in [-0.1, -0.05) is 18.2 Å². The van der Waals surface area contributed by atoms with E-state index in [1.165, 1.54) is 20.5 Å². The number of halogens is 1. The molecule has 70 valence electrons. The fourth-order valence-electron chi connectivity index (χ4n) is 1.40. The molecule has 0 fully saturated rings. The van der Waals surface area contributed by atoms with Crippen molar-refractivity contribution in [2.45, 2.75) is 13.8 Å². The number of fused-ring (bicyclic) bond motifs is 1. The zero-order valence-corrected chi connectivity index (χ0v) is 9.26. The fourth-order valence-corrected chi connectivity index (χ4v) is 2.44. The van der Waals surface area contributed by atoms with Crippen LogP contribution in [0, 0.1) is 13.8 Å². The van der Waals surface area contributed by atoms with Crippen LogP contribution >= 0.6 is 23.7 Å². The van der Waals surface area contributed by atoms with Gasteiger partial charge in [0.1, 0.15) is 0 Å². The summed E-state index contributed by atoms with van der Waals surface area (Å²) in [6, 6.07) is 6.26. The highest BCUT2D eigenvalue weighted by atomic mass is 35.5. The summed E-state index contributed by atoms with van der Waals surface area (Å²) in [7, 11) is 0. The van der Waals surface area contributed by atoms with Gasteiger partial charge in [-0.2, -0.15) is 0 Å². The number of benzene rings is 1. The molecule has 1 nitrogen and oxygen atoms in total. The van der Waals surface area contributed by atoms with E-state index in [0.29, 0.717) is 0 Å². The third-order valence-electron chi connectivity index (χ3n) is 2.14. The summed E-state index contributed by atoms with van der Waals surface area (Å²) in [5, 5.41) is 1.21. The molecule has 0 unspecified atom stereocenters. The van der Waals surface area contributed by atoms with Crippen LogP contribution in [-0.4, -0.2) is 0 Å². The molecule has 0 aliphatic heterocycles. The second-order valence-corrected chi connectivity index (χ2v) is 4.25. The zero-order valence-electron chi connectivity index (χ0n) is 7.63. The summed E-state index contributed by atoms with van der Waals surface area (Å²) in [5.41, 5.74) is 8.18. The number of nitrogens with two attached hydrogens (primary N) is 1. The number of anilines is 1. The largest absolute Gasteiger partial charge is 0.397 e. The summed E-state index contributed by atoms with van der Waals surface area (Å²) in [6.45, 7) is 4.19. The van der Waals surface area contributed by atoms with Gasteiger partial charge in [0, 0.05) is 15.0 Å². The highest BCUT2D eigenvalue weighted by Gasteiger charge is 2.05. The lowest BCUT2D eigenvalue weighted by molar-refractivity contribution is 1.56. The minimum Gasteiger partial charge on any atom is -0.397 e. The van der Waals surface area contributed by atoms with Crippen molar-refractivity contribution in [2.24, 2.45) is 0 Å². The van der Waals surface area contributed by atoms with E-state index < -0.39 is 0 Å². The van der Waals surface area contributed by atoms with Crippen LogP contribution < -0.4 is 5.73 Å². The minimum atomic E-state index is 0. The van der Waals surface area contributed by atoms with E-state index in [2.05, 4.69) is 32.0 Å². The van der Waals surface area contributed by atoms with Crippen molar-refractivity contribution < 1.29 is 0 Å². The van der Waals surface area contributed by atoms with Crippen LogP contribution in [0.3, 0.4) is 0 Å². The molecule has 0 aliphatic rings. The van der Waals surface area contributed by atoms with Crippen molar-refractivity contribution in [1.82, 2.24) is 0 Å². The SMILES string of the molecule is Cc1sc2c(C)cccc2c1N.Cl. The van der Waals surface area contributed by atoms with E-state index >= 15 is 0 Å².